The fraction of sp³-hybridized carbons (Fsp3) is 0.0833. The van der Waals surface area contributed by atoms with Crippen LogP contribution in [0.3, 0.4) is 0 Å². The van der Waals surface area contributed by atoms with Crippen molar-refractivity contribution in [3.8, 4) is 0 Å². The van der Waals surface area contributed by atoms with Crippen molar-refractivity contribution in [3.05, 3.63) is 51.5 Å². The topological polar surface area (TPSA) is 54.9 Å². The standard InChI is InChI=1S/C12H10IN3O/c1-8-9(4-2-6-14-8)12(17)16-11-10(13)5-3-7-15-11/h2-7H,1H3,(H,15,16,17). The zero-order valence-electron chi connectivity index (χ0n) is 9.14. The average molecular weight is 339 g/mol. The van der Waals surface area contributed by atoms with Gasteiger partial charge in [0.1, 0.15) is 5.82 Å². The molecule has 0 fully saturated rings. The zero-order chi connectivity index (χ0) is 12.3. The lowest BCUT2D eigenvalue weighted by molar-refractivity contribution is 0.102. The Balaban J connectivity index is 2.24. The fourth-order valence-corrected chi connectivity index (χ4v) is 1.86. The van der Waals surface area contributed by atoms with E-state index in [4.69, 9.17) is 0 Å². The van der Waals surface area contributed by atoms with Crippen LogP contribution in [0.25, 0.3) is 0 Å². The predicted octanol–water partition coefficient (Wildman–Crippen LogP) is 2.64. The van der Waals surface area contributed by atoms with Crippen LogP contribution >= 0.6 is 22.6 Å². The van der Waals surface area contributed by atoms with Gasteiger partial charge in [-0.3, -0.25) is 9.78 Å². The molecule has 0 saturated carbocycles. The molecule has 2 rings (SSSR count). The van der Waals surface area contributed by atoms with Crippen molar-refractivity contribution in [1.82, 2.24) is 9.97 Å². The Morgan fingerprint density at radius 3 is 2.65 bits per heavy atom. The van der Waals surface area contributed by atoms with Crippen LogP contribution < -0.4 is 5.32 Å². The lowest BCUT2D eigenvalue weighted by Crippen LogP contribution is -2.15. The highest BCUT2D eigenvalue weighted by Gasteiger charge is 2.11. The summed E-state index contributed by atoms with van der Waals surface area (Å²) in [6.07, 6.45) is 3.31. The molecule has 1 amide bonds. The third-order valence-corrected chi connectivity index (χ3v) is 3.11. The van der Waals surface area contributed by atoms with Gasteiger partial charge < -0.3 is 5.32 Å². The number of nitrogens with one attached hydrogen (secondary N) is 1. The first-order valence-electron chi connectivity index (χ1n) is 5.02. The quantitative estimate of drug-likeness (QED) is 0.856. The number of aromatic nitrogens is 2. The van der Waals surface area contributed by atoms with Gasteiger partial charge in [-0.05, 0) is 53.8 Å². The Hall–Kier alpha value is -1.50. The Labute approximate surface area is 113 Å². The first kappa shape index (κ1) is 12.0. The molecule has 0 radical (unpaired) electrons. The van der Waals surface area contributed by atoms with Crippen LogP contribution in [-0.2, 0) is 0 Å². The third kappa shape index (κ3) is 2.79. The second-order valence-electron chi connectivity index (χ2n) is 3.42. The number of aryl methyl sites for hydroxylation is 1. The molecular formula is C12H10IN3O. The first-order chi connectivity index (χ1) is 8.18. The highest BCUT2D eigenvalue weighted by Crippen LogP contribution is 2.15. The lowest BCUT2D eigenvalue weighted by atomic mass is 10.2. The maximum absolute atomic E-state index is 12.0. The summed E-state index contributed by atoms with van der Waals surface area (Å²) < 4.78 is 0.903. The van der Waals surface area contributed by atoms with Crippen LogP contribution in [0.2, 0.25) is 0 Å². The van der Waals surface area contributed by atoms with Gasteiger partial charge in [0.25, 0.3) is 5.91 Å². The van der Waals surface area contributed by atoms with Crippen LogP contribution in [0.15, 0.2) is 36.7 Å². The first-order valence-corrected chi connectivity index (χ1v) is 6.10. The molecule has 0 bridgehead atoms. The minimum absolute atomic E-state index is 0.188. The van der Waals surface area contributed by atoms with E-state index in [0.29, 0.717) is 17.1 Å². The van der Waals surface area contributed by atoms with E-state index < -0.39 is 0 Å². The molecule has 17 heavy (non-hydrogen) atoms. The molecule has 0 aromatic carbocycles. The van der Waals surface area contributed by atoms with Gasteiger partial charge in [-0.2, -0.15) is 0 Å². The molecule has 2 aromatic rings. The number of carbonyl (C=O) groups is 1. The molecule has 5 heteroatoms. The monoisotopic (exact) mass is 339 g/mol. The number of pyridine rings is 2. The summed E-state index contributed by atoms with van der Waals surface area (Å²) >= 11 is 2.13. The minimum Gasteiger partial charge on any atom is -0.306 e. The molecule has 0 saturated heterocycles. The van der Waals surface area contributed by atoms with Gasteiger partial charge in [0.15, 0.2) is 0 Å². The molecule has 0 aliphatic rings. The molecule has 0 atom stereocenters. The molecule has 2 heterocycles. The molecule has 2 aromatic heterocycles. The van der Waals surface area contributed by atoms with Crippen molar-refractivity contribution in [3.63, 3.8) is 0 Å². The Morgan fingerprint density at radius 1 is 1.24 bits per heavy atom. The van der Waals surface area contributed by atoms with E-state index in [1.807, 2.05) is 12.1 Å². The number of rotatable bonds is 2. The average Bonchev–Trinajstić information content (AvgIpc) is 2.32. The number of halogens is 1. The second kappa shape index (κ2) is 5.22. The van der Waals surface area contributed by atoms with Gasteiger partial charge >= 0.3 is 0 Å². The zero-order valence-corrected chi connectivity index (χ0v) is 11.3. The van der Waals surface area contributed by atoms with Crippen LogP contribution in [0.1, 0.15) is 16.1 Å². The van der Waals surface area contributed by atoms with E-state index in [1.165, 1.54) is 0 Å². The van der Waals surface area contributed by atoms with Crippen LogP contribution in [-0.4, -0.2) is 15.9 Å². The summed E-state index contributed by atoms with van der Waals surface area (Å²) in [5, 5.41) is 2.77. The Bertz CT molecular complexity index is 557. The van der Waals surface area contributed by atoms with E-state index in [-0.39, 0.29) is 5.91 Å². The highest BCUT2D eigenvalue weighted by atomic mass is 127. The van der Waals surface area contributed by atoms with E-state index in [2.05, 4.69) is 37.9 Å². The van der Waals surface area contributed by atoms with Gasteiger partial charge in [0.05, 0.1) is 9.13 Å². The van der Waals surface area contributed by atoms with Crippen molar-refractivity contribution in [2.75, 3.05) is 5.32 Å². The van der Waals surface area contributed by atoms with Crippen LogP contribution in [0, 0.1) is 10.5 Å². The van der Waals surface area contributed by atoms with Crippen LogP contribution in [0.5, 0.6) is 0 Å². The van der Waals surface area contributed by atoms with E-state index >= 15 is 0 Å². The van der Waals surface area contributed by atoms with Gasteiger partial charge in [0, 0.05) is 18.1 Å². The smallest absolute Gasteiger partial charge is 0.258 e. The number of hydrogen-bond donors (Lipinski definition) is 1. The predicted molar refractivity (Wildman–Crippen MR) is 73.9 cm³/mol. The van der Waals surface area contributed by atoms with Crippen molar-refractivity contribution in [2.24, 2.45) is 0 Å². The van der Waals surface area contributed by atoms with Crippen molar-refractivity contribution < 1.29 is 4.79 Å². The fourth-order valence-electron chi connectivity index (χ4n) is 1.38. The SMILES string of the molecule is Cc1ncccc1C(=O)Nc1ncccc1I. The number of hydrogen-bond acceptors (Lipinski definition) is 3. The molecule has 4 nitrogen and oxygen atoms in total. The highest BCUT2D eigenvalue weighted by molar-refractivity contribution is 14.1. The number of anilines is 1. The van der Waals surface area contributed by atoms with Gasteiger partial charge in [-0.1, -0.05) is 0 Å². The molecule has 0 unspecified atom stereocenters. The van der Waals surface area contributed by atoms with Crippen LogP contribution in [0.4, 0.5) is 5.82 Å². The molecular weight excluding hydrogens is 329 g/mol. The molecule has 1 N–H and O–H groups in total. The lowest BCUT2D eigenvalue weighted by Gasteiger charge is -2.07. The Morgan fingerprint density at radius 2 is 1.94 bits per heavy atom. The summed E-state index contributed by atoms with van der Waals surface area (Å²) in [5.41, 5.74) is 1.27. The van der Waals surface area contributed by atoms with E-state index in [1.54, 1.807) is 31.5 Å². The summed E-state index contributed by atoms with van der Waals surface area (Å²) in [6, 6.07) is 7.20. The van der Waals surface area contributed by atoms with Gasteiger partial charge in [-0.15, -0.1) is 0 Å². The van der Waals surface area contributed by atoms with Crippen molar-refractivity contribution in [2.45, 2.75) is 6.92 Å². The summed E-state index contributed by atoms with van der Waals surface area (Å²) in [5.74, 6) is 0.383. The maximum Gasteiger partial charge on any atom is 0.258 e. The number of amides is 1. The maximum atomic E-state index is 12.0. The minimum atomic E-state index is -0.188. The summed E-state index contributed by atoms with van der Waals surface area (Å²) in [6.45, 7) is 1.80. The van der Waals surface area contributed by atoms with E-state index in [9.17, 15) is 4.79 Å². The number of nitrogens with zero attached hydrogens (tertiary/aromatic N) is 2. The van der Waals surface area contributed by atoms with E-state index in [0.717, 1.165) is 3.57 Å². The molecule has 0 spiro atoms. The largest absolute Gasteiger partial charge is 0.306 e. The molecule has 86 valence electrons. The third-order valence-electron chi connectivity index (χ3n) is 2.24. The van der Waals surface area contributed by atoms with Gasteiger partial charge in [-0.25, -0.2) is 4.98 Å². The van der Waals surface area contributed by atoms with Crippen molar-refractivity contribution >= 4 is 34.3 Å². The molecule has 0 aliphatic heterocycles. The normalized spacial score (nSPS) is 10.0. The van der Waals surface area contributed by atoms with Crippen molar-refractivity contribution in [1.29, 1.82) is 0 Å². The second-order valence-corrected chi connectivity index (χ2v) is 4.59. The Kier molecular flexibility index (Phi) is 3.68. The summed E-state index contributed by atoms with van der Waals surface area (Å²) in [4.78, 5) is 20.2. The number of carbonyl (C=O) groups excluding carboxylic acids is 1. The van der Waals surface area contributed by atoms with Gasteiger partial charge in [0.2, 0.25) is 0 Å². The summed E-state index contributed by atoms with van der Waals surface area (Å²) in [7, 11) is 0. The molecule has 0 aliphatic carbocycles.